The molecule has 0 bridgehead atoms. The van der Waals surface area contributed by atoms with E-state index in [1.165, 1.54) is 6.21 Å². The Morgan fingerprint density at radius 3 is 2.88 bits per heavy atom. The summed E-state index contributed by atoms with van der Waals surface area (Å²) in [6.07, 6.45) is 1.31. The van der Waals surface area contributed by atoms with Crippen molar-refractivity contribution in [3.05, 3.63) is 0 Å². The van der Waals surface area contributed by atoms with Gasteiger partial charge in [-0.2, -0.15) is 0 Å². The lowest BCUT2D eigenvalue weighted by atomic mass is 10.4. The van der Waals surface area contributed by atoms with Crippen molar-refractivity contribution in [3.63, 3.8) is 0 Å². The number of hydrogen-bond donors (Lipinski definition) is 1. The fourth-order valence-corrected chi connectivity index (χ4v) is 0.679. The molecule has 0 saturated carbocycles. The molecule has 0 spiro atoms. The van der Waals surface area contributed by atoms with Gasteiger partial charge in [-0.15, -0.1) is 0 Å². The Morgan fingerprint density at radius 2 is 2.62 bits per heavy atom. The summed E-state index contributed by atoms with van der Waals surface area (Å²) in [4.78, 5) is 6.09. The summed E-state index contributed by atoms with van der Waals surface area (Å²) < 4.78 is 0. The first kappa shape index (κ1) is 5.44. The zero-order valence-corrected chi connectivity index (χ0v) is 4.89. The normalized spacial score (nSPS) is 20.9. The monoisotopic (exact) mass is 111 g/mol. The van der Waals surface area contributed by atoms with Crippen molar-refractivity contribution in [2.75, 3.05) is 20.3 Å². The summed E-state index contributed by atoms with van der Waals surface area (Å²) in [5.74, 6) is 0. The summed E-state index contributed by atoms with van der Waals surface area (Å²) in [7, 11) is 1.99. The SMILES string of the molecule is CN1CN=C(C=N)C1. The molecule has 1 rings (SSSR count). The predicted molar refractivity (Wildman–Crippen MR) is 33.7 cm³/mol. The maximum Gasteiger partial charge on any atom is 0.0914 e. The van der Waals surface area contributed by atoms with Crippen molar-refractivity contribution in [2.24, 2.45) is 4.99 Å². The number of nitrogens with zero attached hydrogens (tertiary/aromatic N) is 2. The van der Waals surface area contributed by atoms with Crippen molar-refractivity contribution < 1.29 is 0 Å². The average Bonchev–Trinajstić information content (AvgIpc) is 2.14. The molecule has 0 aromatic carbocycles. The minimum Gasteiger partial charge on any atom is -0.307 e. The van der Waals surface area contributed by atoms with E-state index in [2.05, 4.69) is 9.89 Å². The minimum absolute atomic E-state index is 0.755. The van der Waals surface area contributed by atoms with Gasteiger partial charge in [-0.3, -0.25) is 9.89 Å². The molecule has 0 amide bonds. The van der Waals surface area contributed by atoms with E-state index >= 15 is 0 Å². The lowest BCUT2D eigenvalue weighted by Gasteiger charge is -2.01. The third-order valence-electron chi connectivity index (χ3n) is 1.11. The molecule has 1 aliphatic heterocycles. The molecule has 44 valence electrons. The topological polar surface area (TPSA) is 39.5 Å². The van der Waals surface area contributed by atoms with Crippen LogP contribution in [0.1, 0.15) is 0 Å². The van der Waals surface area contributed by atoms with Crippen LogP contribution in [0.2, 0.25) is 0 Å². The number of hydrogen-bond acceptors (Lipinski definition) is 3. The van der Waals surface area contributed by atoms with Crippen molar-refractivity contribution in [2.45, 2.75) is 0 Å². The van der Waals surface area contributed by atoms with Crippen LogP contribution >= 0.6 is 0 Å². The molecule has 0 unspecified atom stereocenters. The van der Waals surface area contributed by atoms with Crippen LogP contribution in [-0.2, 0) is 0 Å². The van der Waals surface area contributed by atoms with E-state index in [0.29, 0.717) is 0 Å². The minimum atomic E-state index is 0.755. The Labute approximate surface area is 48.5 Å². The zero-order valence-electron chi connectivity index (χ0n) is 4.89. The Hall–Kier alpha value is -0.700. The molecular weight excluding hydrogens is 102 g/mol. The van der Waals surface area contributed by atoms with Crippen LogP contribution < -0.4 is 0 Å². The van der Waals surface area contributed by atoms with E-state index in [0.717, 1.165) is 18.9 Å². The van der Waals surface area contributed by atoms with Crippen molar-refractivity contribution in [3.8, 4) is 0 Å². The molecule has 1 aliphatic rings. The van der Waals surface area contributed by atoms with Crippen LogP contribution in [0.5, 0.6) is 0 Å². The summed E-state index contributed by atoms with van der Waals surface area (Å²) in [6, 6.07) is 0. The fraction of sp³-hybridized carbons (Fsp3) is 0.600. The van der Waals surface area contributed by atoms with Gasteiger partial charge in [0.15, 0.2) is 0 Å². The number of rotatable bonds is 1. The molecule has 0 fully saturated rings. The highest BCUT2D eigenvalue weighted by Gasteiger charge is 2.06. The van der Waals surface area contributed by atoms with Crippen LogP contribution in [0.4, 0.5) is 0 Å². The molecule has 1 N–H and O–H groups in total. The molecule has 3 heteroatoms. The summed E-state index contributed by atoms with van der Waals surface area (Å²) in [5, 5.41) is 6.81. The predicted octanol–water partition coefficient (Wildman–Crippen LogP) is -0.0201. The molecule has 1 heterocycles. The Bertz CT molecular complexity index is 128. The summed E-state index contributed by atoms with van der Waals surface area (Å²) >= 11 is 0. The van der Waals surface area contributed by atoms with E-state index in [1.54, 1.807) is 0 Å². The smallest absolute Gasteiger partial charge is 0.0914 e. The Kier molecular flexibility index (Phi) is 1.39. The molecule has 0 radical (unpaired) electrons. The zero-order chi connectivity index (χ0) is 5.98. The van der Waals surface area contributed by atoms with Gasteiger partial charge in [-0.05, 0) is 7.05 Å². The van der Waals surface area contributed by atoms with Gasteiger partial charge in [-0.1, -0.05) is 0 Å². The third-order valence-corrected chi connectivity index (χ3v) is 1.11. The lowest BCUT2D eigenvalue weighted by molar-refractivity contribution is 0.422. The van der Waals surface area contributed by atoms with Crippen molar-refractivity contribution >= 4 is 11.9 Å². The molecular formula is C5H9N3. The second kappa shape index (κ2) is 2.05. The molecule has 0 aromatic heterocycles. The van der Waals surface area contributed by atoms with Crippen LogP contribution in [0.3, 0.4) is 0 Å². The highest BCUT2D eigenvalue weighted by Crippen LogP contribution is 1.93. The number of nitrogens with one attached hydrogen (secondary N) is 1. The van der Waals surface area contributed by atoms with Gasteiger partial charge in [0.25, 0.3) is 0 Å². The van der Waals surface area contributed by atoms with Gasteiger partial charge < -0.3 is 5.41 Å². The first-order valence-corrected chi connectivity index (χ1v) is 2.55. The third kappa shape index (κ3) is 0.924. The average molecular weight is 111 g/mol. The van der Waals surface area contributed by atoms with E-state index in [9.17, 15) is 0 Å². The lowest BCUT2D eigenvalue weighted by Crippen LogP contribution is -2.17. The van der Waals surface area contributed by atoms with Gasteiger partial charge in [0.05, 0.1) is 12.4 Å². The summed E-state index contributed by atoms with van der Waals surface area (Å²) in [5.41, 5.74) is 0.882. The highest BCUT2D eigenvalue weighted by molar-refractivity contribution is 6.30. The quantitative estimate of drug-likeness (QED) is 0.474. The Morgan fingerprint density at radius 1 is 1.88 bits per heavy atom. The molecule has 0 atom stereocenters. The van der Waals surface area contributed by atoms with Gasteiger partial charge in [0, 0.05) is 12.8 Å². The van der Waals surface area contributed by atoms with E-state index in [4.69, 9.17) is 5.41 Å². The largest absolute Gasteiger partial charge is 0.307 e. The molecule has 8 heavy (non-hydrogen) atoms. The molecule has 0 aliphatic carbocycles. The maximum atomic E-state index is 6.81. The fourth-order valence-electron chi connectivity index (χ4n) is 0.679. The second-order valence-corrected chi connectivity index (χ2v) is 1.95. The van der Waals surface area contributed by atoms with Crippen LogP contribution in [-0.4, -0.2) is 37.1 Å². The van der Waals surface area contributed by atoms with Crippen LogP contribution in [0, 0.1) is 5.41 Å². The highest BCUT2D eigenvalue weighted by atomic mass is 15.2. The first-order chi connectivity index (χ1) is 3.83. The Balaban J connectivity index is 2.49. The first-order valence-electron chi connectivity index (χ1n) is 2.55. The van der Waals surface area contributed by atoms with Gasteiger partial charge >= 0.3 is 0 Å². The molecule has 3 nitrogen and oxygen atoms in total. The van der Waals surface area contributed by atoms with E-state index in [1.807, 2.05) is 7.05 Å². The summed E-state index contributed by atoms with van der Waals surface area (Å²) in [6.45, 7) is 1.59. The van der Waals surface area contributed by atoms with Crippen LogP contribution in [0.25, 0.3) is 0 Å². The van der Waals surface area contributed by atoms with Gasteiger partial charge in [0.1, 0.15) is 0 Å². The molecule has 0 aromatic rings. The standard InChI is InChI=1S/C5H9N3/c1-8-3-5(2-6)7-4-8/h2,6H,3-4H2,1H3. The van der Waals surface area contributed by atoms with Crippen molar-refractivity contribution in [1.82, 2.24) is 4.90 Å². The van der Waals surface area contributed by atoms with Gasteiger partial charge in [0.2, 0.25) is 0 Å². The maximum absolute atomic E-state index is 6.81. The van der Waals surface area contributed by atoms with Gasteiger partial charge in [-0.25, -0.2) is 0 Å². The number of aliphatic imine (C=N–C) groups is 1. The van der Waals surface area contributed by atoms with Crippen molar-refractivity contribution in [1.29, 1.82) is 5.41 Å². The van der Waals surface area contributed by atoms with E-state index in [-0.39, 0.29) is 0 Å². The van der Waals surface area contributed by atoms with Crippen LogP contribution in [0.15, 0.2) is 4.99 Å². The molecule has 0 saturated heterocycles. The van der Waals surface area contributed by atoms with E-state index < -0.39 is 0 Å². The second-order valence-electron chi connectivity index (χ2n) is 1.95.